The van der Waals surface area contributed by atoms with E-state index in [0.717, 1.165) is 45.4 Å². The fourth-order valence-corrected chi connectivity index (χ4v) is 13.0. The quantitative estimate of drug-likeness (QED) is 0.398. The van der Waals surface area contributed by atoms with E-state index in [9.17, 15) is 15.3 Å². The number of nitrogens with one attached hydrogen (secondary N) is 1. The third kappa shape index (κ3) is 3.69. The van der Waals surface area contributed by atoms with E-state index in [0.29, 0.717) is 28.6 Å². The zero-order chi connectivity index (χ0) is 29.4. The van der Waals surface area contributed by atoms with Crippen LogP contribution in [-0.2, 0) is 14.2 Å². The Kier molecular flexibility index (Phi) is 6.56. The molecule has 7 fully saturated rings. The lowest BCUT2D eigenvalue weighted by atomic mass is 9.41. The number of morpholine rings is 1. The van der Waals surface area contributed by atoms with Crippen molar-refractivity contribution in [2.24, 2.45) is 50.7 Å². The molecule has 2 aliphatic heterocycles. The van der Waals surface area contributed by atoms with Crippen LogP contribution >= 0.6 is 0 Å². The number of hydrogen-bond acceptors (Lipinski definition) is 7. The van der Waals surface area contributed by atoms with Gasteiger partial charge in [-0.2, -0.15) is 0 Å². The number of ether oxygens (including phenoxy) is 3. The third-order valence-corrected chi connectivity index (χ3v) is 15.1. The second-order valence-corrected chi connectivity index (χ2v) is 17.3. The van der Waals surface area contributed by atoms with Crippen LogP contribution in [0.5, 0.6) is 0 Å². The summed E-state index contributed by atoms with van der Waals surface area (Å²) in [6.45, 7) is 17.8. The molecule has 7 nitrogen and oxygen atoms in total. The molecule has 234 valence electrons. The molecular weight excluding hydrogens is 518 g/mol. The molecule has 0 aromatic rings. The first-order chi connectivity index (χ1) is 19.1. The zero-order valence-electron chi connectivity index (χ0n) is 26.6. The Morgan fingerprint density at radius 3 is 2.39 bits per heavy atom. The average Bonchev–Trinajstić information content (AvgIpc) is 3.54. The summed E-state index contributed by atoms with van der Waals surface area (Å²) in [6.07, 6.45) is 6.92. The van der Waals surface area contributed by atoms with Crippen LogP contribution in [0, 0.1) is 50.7 Å². The highest BCUT2D eigenvalue weighted by Gasteiger charge is 2.84. The van der Waals surface area contributed by atoms with Crippen molar-refractivity contribution in [2.45, 2.75) is 142 Å². The lowest BCUT2D eigenvalue weighted by Crippen LogP contribution is -2.60. The molecule has 2 spiro atoms. The molecule has 0 radical (unpaired) electrons. The summed E-state index contributed by atoms with van der Waals surface area (Å²) in [5.74, 6) is 1.70. The molecule has 5 saturated carbocycles. The van der Waals surface area contributed by atoms with Gasteiger partial charge in [-0.25, -0.2) is 0 Å². The van der Waals surface area contributed by atoms with Gasteiger partial charge in [-0.05, 0) is 111 Å². The molecule has 0 aromatic carbocycles. The fraction of sp³-hybridized carbons (Fsp3) is 1.00. The van der Waals surface area contributed by atoms with E-state index in [-0.39, 0.29) is 40.7 Å². The van der Waals surface area contributed by atoms with Crippen LogP contribution < -0.4 is 5.32 Å². The average molecular weight is 576 g/mol. The molecule has 2 saturated heterocycles. The van der Waals surface area contributed by atoms with Crippen molar-refractivity contribution in [3.05, 3.63) is 0 Å². The highest BCUT2D eigenvalue weighted by molar-refractivity contribution is 5.33. The van der Waals surface area contributed by atoms with E-state index in [1.54, 1.807) is 13.8 Å². The summed E-state index contributed by atoms with van der Waals surface area (Å²) in [7, 11) is 0. The minimum atomic E-state index is -1.24. The number of aliphatic hydroxyl groups is 3. The van der Waals surface area contributed by atoms with Gasteiger partial charge in [0.2, 0.25) is 0 Å². The Labute approximate surface area is 247 Å². The minimum absolute atomic E-state index is 0.00512. The molecule has 0 amide bonds. The highest BCUT2D eigenvalue weighted by atomic mass is 16.7. The van der Waals surface area contributed by atoms with Crippen LogP contribution in [0.2, 0.25) is 0 Å². The van der Waals surface area contributed by atoms with Gasteiger partial charge in [-0.15, -0.1) is 0 Å². The summed E-state index contributed by atoms with van der Waals surface area (Å²) in [6, 6.07) is 0. The third-order valence-electron chi connectivity index (χ3n) is 15.1. The Morgan fingerprint density at radius 1 is 1.00 bits per heavy atom. The maximum atomic E-state index is 12.3. The van der Waals surface area contributed by atoms with Crippen molar-refractivity contribution in [3.63, 3.8) is 0 Å². The minimum Gasteiger partial charge on any atom is -0.390 e. The Morgan fingerprint density at radius 2 is 1.71 bits per heavy atom. The SMILES string of the molecule is C[C@@H]1CC([C@H](O)C(C)(C)O)OC2[C@H]1[C@@]1(C)CC[C@@]34C[C@@]35CC[C@H](O[C@H]3CNCCO3)C(C)(C)[C@@H]5CCC4[C@]1(C)[C@H]2O. The second kappa shape index (κ2) is 9.14. The van der Waals surface area contributed by atoms with Crippen molar-refractivity contribution in [1.82, 2.24) is 5.32 Å². The molecule has 0 bridgehead atoms. The Balaban J connectivity index is 1.16. The first-order valence-corrected chi connectivity index (χ1v) is 16.9. The van der Waals surface area contributed by atoms with Crippen LogP contribution in [0.3, 0.4) is 0 Å². The molecule has 7 heteroatoms. The van der Waals surface area contributed by atoms with Gasteiger partial charge in [0.25, 0.3) is 0 Å². The lowest BCUT2D eigenvalue weighted by molar-refractivity contribution is -0.237. The first-order valence-electron chi connectivity index (χ1n) is 16.9. The molecule has 0 aromatic heterocycles. The monoisotopic (exact) mass is 575 g/mol. The second-order valence-electron chi connectivity index (χ2n) is 17.3. The van der Waals surface area contributed by atoms with Gasteiger partial charge < -0.3 is 34.8 Å². The van der Waals surface area contributed by atoms with Crippen molar-refractivity contribution < 1.29 is 29.5 Å². The van der Waals surface area contributed by atoms with Crippen LogP contribution in [-0.4, -0.2) is 77.4 Å². The fourth-order valence-electron chi connectivity index (χ4n) is 13.0. The number of fused-ring (bicyclic) bond motifs is 4. The van der Waals surface area contributed by atoms with E-state index in [1.807, 2.05) is 0 Å². The largest absolute Gasteiger partial charge is 0.390 e. The molecule has 5 aliphatic carbocycles. The van der Waals surface area contributed by atoms with E-state index in [2.05, 4.69) is 39.9 Å². The highest BCUT2D eigenvalue weighted by Crippen LogP contribution is 2.89. The van der Waals surface area contributed by atoms with Crippen LogP contribution in [0.4, 0.5) is 0 Å². The molecule has 2 heterocycles. The molecular formula is C34H57NO6. The van der Waals surface area contributed by atoms with Crippen LogP contribution in [0.15, 0.2) is 0 Å². The van der Waals surface area contributed by atoms with Gasteiger partial charge in [0, 0.05) is 18.5 Å². The van der Waals surface area contributed by atoms with E-state index in [1.165, 1.54) is 25.7 Å². The first kappa shape index (κ1) is 29.4. The van der Waals surface area contributed by atoms with Crippen molar-refractivity contribution in [1.29, 1.82) is 0 Å². The van der Waals surface area contributed by atoms with Crippen molar-refractivity contribution >= 4 is 0 Å². The summed E-state index contributed by atoms with van der Waals surface area (Å²) >= 11 is 0. The Hall–Kier alpha value is -0.280. The standard InChI is InChI=1S/C34H57NO6/c1-19-16-20(27(36)30(4,5)38)40-26-25(19)31(6)12-13-34-18-33(34)11-10-23(41-24-17-35-14-15-39-24)29(2,3)21(33)8-9-22(34)32(31,7)28(26)37/h19-28,35-38H,8-18H2,1-7H3/t19-,20?,21+,22?,23+,24+,25+,26?,27+,28+,31-,32-,33-,34+/m1/s1. The summed E-state index contributed by atoms with van der Waals surface area (Å²) < 4.78 is 19.3. The molecule has 7 rings (SSSR count). The van der Waals surface area contributed by atoms with Crippen LogP contribution in [0.25, 0.3) is 0 Å². The van der Waals surface area contributed by atoms with E-state index < -0.39 is 23.9 Å². The lowest BCUT2D eigenvalue weighted by Gasteiger charge is -2.64. The number of rotatable bonds is 4. The van der Waals surface area contributed by atoms with Gasteiger partial charge in [-0.3, -0.25) is 0 Å². The summed E-state index contributed by atoms with van der Waals surface area (Å²) in [4.78, 5) is 0. The normalized spacial score (nSPS) is 56.5. The maximum Gasteiger partial charge on any atom is 0.170 e. The predicted molar refractivity (Wildman–Crippen MR) is 156 cm³/mol. The Bertz CT molecular complexity index is 1040. The topological polar surface area (TPSA) is 100 Å². The van der Waals surface area contributed by atoms with Gasteiger partial charge in [0.15, 0.2) is 6.29 Å². The molecule has 41 heavy (non-hydrogen) atoms. The smallest absolute Gasteiger partial charge is 0.170 e. The van der Waals surface area contributed by atoms with Crippen LogP contribution in [0.1, 0.15) is 99.8 Å². The molecule has 4 N–H and O–H groups in total. The summed E-state index contributed by atoms with van der Waals surface area (Å²) in [5, 5.41) is 37.3. The predicted octanol–water partition coefficient (Wildman–Crippen LogP) is 4.26. The maximum absolute atomic E-state index is 12.3. The van der Waals surface area contributed by atoms with Crippen molar-refractivity contribution in [3.8, 4) is 0 Å². The molecule has 7 aliphatic rings. The number of hydrogen-bond donors (Lipinski definition) is 4. The number of aliphatic hydroxyl groups excluding tert-OH is 2. The molecule has 3 unspecified atom stereocenters. The van der Waals surface area contributed by atoms with Gasteiger partial charge in [0.05, 0.1) is 36.6 Å². The van der Waals surface area contributed by atoms with E-state index >= 15 is 0 Å². The van der Waals surface area contributed by atoms with Gasteiger partial charge in [0.1, 0.15) is 6.10 Å². The zero-order valence-corrected chi connectivity index (χ0v) is 26.6. The summed E-state index contributed by atoms with van der Waals surface area (Å²) in [5.41, 5.74) is -0.714. The molecule has 14 atom stereocenters. The van der Waals surface area contributed by atoms with Gasteiger partial charge in [-0.1, -0.05) is 34.6 Å². The van der Waals surface area contributed by atoms with E-state index in [4.69, 9.17) is 14.2 Å². The van der Waals surface area contributed by atoms with Crippen molar-refractivity contribution in [2.75, 3.05) is 19.7 Å². The van der Waals surface area contributed by atoms with Gasteiger partial charge >= 0.3 is 0 Å².